The first kappa shape index (κ1) is 19.7. The molecule has 2 aromatic carbocycles. The Morgan fingerprint density at radius 1 is 0.906 bits per heavy atom. The zero-order chi connectivity index (χ0) is 22.2. The van der Waals surface area contributed by atoms with Crippen LogP contribution in [0.5, 0.6) is 5.75 Å². The summed E-state index contributed by atoms with van der Waals surface area (Å²) in [7, 11) is 0. The van der Waals surface area contributed by atoms with Gasteiger partial charge in [-0.15, -0.1) is 5.10 Å². The van der Waals surface area contributed by atoms with Crippen LogP contribution in [-0.4, -0.2) is 15.0 Å². The van der Waals surface area contributed by atoms with Gasteiger partial charge in [0.2, 0.25) is 0 Å². The topological polar surface area (TPSA) is 100 Å². The van der Waals surface area contributed by atoms with Crippen LogP contribution in [0.2, 0.25) is 0 Å². The minimum Gasteiger partial charge on any atom is -0.487 e. The second kappa shape index (κ2) is 7.81. The summed E-state index contributed by atoms with van der Waals surface area (Å²) >= 11 is 0. The summed E-state index contributed by atoms with van der Waals surface area (Å²) in [6.07, 6.45) is 1.77. The van der Waals surface area contributed by atoms with E-state index in [0.717, 1.165) is 27.5 Å². The molecule has 8 nitrogen and oxygen atoms in total. The van der Waals surface area contributed by atoms with Gasteiger partial charge in [0.15, 0.2) is 0 Å². The Morgan fingerprint density at radius 2 is 1.72 bits per heavy atom. The van der Waals surface area contributed by atoms with Crippen LogP contribution >= 0.6 is 0 Å². The number of benzene rings is 2. The molecule has 0 fully saturated rings. The SMILES string of the molecule is Cc1ccc2oc(=O)cc(Cn3cc(COc4ccc5c(C)cc(=O)oc5c4)nn3)c2c1. The number of hydrogen-bond donors (Lipinski definition) is 0. The molecule has 3 aromatic heterocycles. The Labute approximate surface area is 181 Å². The highest BCUT2D eigenvalue weighted by molar-refractivity contribution is 5.81. The van der Waals surface area contributed by atoms with E-state index in [4.69, 9.17) is 13.6 Å². The van der Waals surface area contributed by atoms with E-state index in [9.17, 15) is 9.59 Å². The fourth-order valence-corrected chi connectivity index (χ4v) is 3.68. The summed E-state index contributed by atoms with van der Waals surface area (Å²) in [5.74, 6) is 0.558. The van der Waals surface area contributed by atoms with Crippen molar-refractivity contribution in [2.75, 3.05) is 0 Å². The number of aryl methyl sites for hydroxylation is 2. The lowest BCUT2D eigenvalue weighted by atomic mass is 10.1. The quantitative estimate of drug-likeness (QED) is 0.392. The van der Waals surface area contributed by atoms with Gasteiger partial charge in [-0.2, -0.15) is 0 Å². The maximum Gasteiger partial charge on any atom is 0.336 e. The van der Waals surface area contributed by atoms with Gasteiger partial charge < -0.3 is 13.6 Å². The molecule has 0 radical (unpaired) electrons. The first-order chi connectivity index (χ1) is 15.4. The molecule has 0 N–H and O–H groups in total. The van der Waals surface area contributed by atoms with Crippen LogP contribution in [0, 0.1) is 13.8 Å². The standard InChI is InChI=1S/C24H19N3O5/c1-14-3-6-21-20(7-14)16(9-24(29)31-21)11-27-12-17(25-26-27)13-30-18-4-5-19-15(2)8-23(28)32-22(19)10-18/h3-10,12H,11,13H2,1-2H3. The average molecular weight is 429 g/mol. The first-order valence-corrected chi connectivity index (χ1v) is 10.0. The molecule has 0 bridgehead atoms. The predicted octanol–water partition coefficient (Wildman–Crippen LogP) is 3.74. The molecule has 8 heteroatoms. The van der Waals surface area contributed by atoms with Gasteiger partial charge in [0.25, 0.3) is 0 Å². The highest BCUT2D eigenvalue weighted by atomic mass is 16.5. The number of rotatable bonds is 5. The molecule has 0 unspecified atom stereocenters. The molecule has 160 valence electrons. The van der Waals surface area contributed by atoms with Gasteiger partial charge in [-0.05, 0) is 49.2 Å². The zero-order valence-electron chi connectivity index (χ0n) is 17.5. The van der Waals surface area contributed by atoms with E-state index in [1.165, 1.54) is 12.1 Å². The highest BCUT2D eigenvalue weighted by Gasteiger charge is 2.10. The van der Waals surface area contributed by atoms with E-state index in [1.54, 1.807) is 23.0 Å². The second-order valence-corrected chi connectivity index (χ2v) is 7.69. The van der Waals surface area contributed by atoms with Crippen LogP contribution in [-0.2, 0) is 13.2 Å². The fraction of sp³-hybridized carbons (Fsp3) is 0.167. The molecular weight excluding hydrogens is 410 g/mol. The summed E-state index contributed by atoms with van der Waals surface area (Å²) in [6, 6.07) is 14.0. The van der Waals surface area contributed by atoms with Crippen LogP contribution < -0.4 is 16.0 Å². The van der Waals surface area contributed by atoms with E-state index in [-0.39, 0.29) is 6.61 Å². The summed E-state index contributed by atoms with van der Waals surface area (Å²) in [5.41, 5.74) is 3.56. The van der Waals surface area contributed by atoms with Crippen molar-refractivity contribution in [1.29, 1.82) is 0 Å². The monoisotopic (exact) mass is 429 g/mol. The third-order valence-electron chi connectivity index (χ3n) is 5.21. The number of fused-ring (bicyclic) bond motifs is 2. The van der Waals surface area contributed by atoms with Crippen LogP contribution in [0.25, 0.3) is 21.9 Å². The summed E-state index contributed by atoms with van der Waals surface area (Å²) in [6.45, 7) is 4.41. The Balaban J connectivity index is 1.34. The maximum absolute atomic E-state index is 11.9. The molecule has 0 saturated heterocycles. The van der Waals surface area contributed by atoms with Gasteiger partial charge in [0.05, 0.1) is 12.7 Å². The van der Waals surface area contributed by atoms with Crippen molar-refractivity contribution < 1.29 is 13.6 Å². The Kier molecular flexibility index (Phi) is 4.82. The molecule has 0 aliphatic carbocycles. The summed E-state index contributed by atoms with van der Waals surface area (Å²) in [5, 5.41) is 10.0. The van der Waals surface area contributed by atoms with Crippen molar-refractivity contribution in [3.05, 3.63) is 98.0 Å². The smallest absolute Gasteiger partial charge is 0.336 e. The van der Waals surface area contributed by atoms with Crippen molar-refractivity contribution >= 4 is 21.9 Å². The summed E-state index contributed by atoms with van der Waals surface area (Å²) in [4.78, 5) is 23.5. The van der Waals surface area contributed by atoms with Gasteiger partial charge >= 0.3 is 11.3 Å². The van der Waals surface area contributed by atoms with E-state index < -0.39 is 11.3 Å². The van der Waals surface area contributed by atoms with Crippen LogP contribution in [0.3, 0.4) is 0 Å². The van der Waals surface area contributed by atoms with Crippen molar-refractivity contribution in [3.8, 4) is 5.75 Å². The van der Waals surface area contributed by atoms with E-state index in [0.29, 0.717) is 29.2 Å². The molecule has 32 heavy (non-hydrogen) atoms. The normalized spacial score (nSPS) is 11.3. The van der Waals surface area contributed by atoms with Crippen molar-refractivity contribution in [2.24, 2.45) is 0 Å². The molecule has 3 heterocycles. The molecule has 0 aliphatic rings. The Bertz CT molecular complexity index is 1580. The molecule has 0 aliphatic heterocycles. The minimum atomic E-state index is -0.404. The molecular formula is C24H19N3O5. The van der Waals surface area contributed by atoms with Crippen molar-refractivity contribution in [3.63, 3.8) is 0 Å². The van der Waals surface area contributed by atoms with Gasteiger partial charge in [-0.25, -0.2) is 14.3 Å². The van der Waals surface area contributed by atoms with E-state index in [1.807, 2.05) is 38.1 Å². The highest BCUT2D eigenvalue weighted by Crippen LogP contribution is 2.23. The van der Waals surface area contributed by atoms with Crippen LogP contribution in [0.15, 0.2) is 73.2 Å². The van der Waals surface area contributed by atoms with Gasteiger partial charge in [0, 0.05) is 29.0 Å². The Hall–Kier alpha value is -4.20. The number of ether oxygens (including phenoxy) is 1. The van der Waals surface area contributed by atoms with Crippen LogP contribution in [0.4, 0.5) is 0 Å². The van der Waals surface area contributed by atoms with Gasteiger partial charge in [0.1, 0.15) is 29.2 Å². The third-order valence-corrected chi connectivity index (χ3v) is 5.21. The van der Waals surface area contributed by atoms with Crippen molar-refractivity contribution in [2.45, 2.75) is 27.0 Å². The lowest BCUT2D eigenvalue weighted by Crippen LogP contribution is -2.06. The van der Waals surface area contributed by atoms with Gasteiger partial charge in [-0.3, -0.25) is 0 Å². The minimum absolute atomic E-state index is 0.193. The Morgan fingerprint density at radius 3 is 2.59 bits per heavy atom. The maximum atomic E-state index is 11.9. The van der Waals surface area contributed by atoms with Crippen LogP contribution in [0.1, 0.15) is 22.4 Å². The number of aromatic nitrogens is 3. The van der Waals surface area contributed by atoms with Gasteiger partial charge in [-0.1, -0.05) is 16.8 Å². The van der Waals surface area contributed by atoms with E-state index in [2.05, 4.69) is 10.3 Å². The average Bonchev–Trinajstić information content (AvgIpc) is 3.19. The lowest BCUT2D eigenvalue weighted by Gasteiger charge is -2.06. The lowest BCUT2D eigenvalue weighted by molar-refractivity contribution is 0.301. The fourth-order valence-electron chi connectivity index (χ4n) is 3.68. The molecule has 0 spiro atoms. The second-order valence-electron chi connectivity index (χ2n) is 7.69. The predicted molar refractivity (Wildman–Crippen MR) is 118 cm³/mol. The third kappa shape index (κ3) is 3.90. The van der Waals surface area contributed by atoms with E-state index >= 15 is 0 Å². The van der Waals surface area contributed by atoms with Crippen molar-refractivity contribution in [1.82, 2.24) is 15.0 Å². The molecule has 0 amide bonds. The molecule has 5 aromatic rings. The molecule has 0 atom stereocenters. The first-order valence-electron chi connectivity index (χ1n) is 10.0. The number of nitrogens with zero attached hydrogens (tertiary/aromatic N) is 3. The largest absolute Gasteiger partial charge is 0.487 e. The molecule has 0 saturated carbocycles. The molecule has 5 rings (SSSR count). The zero-order valence-corrected chi connectivity index (χ0v) is 17.5. The number of hydrogen-bond acceptors (Lipinski definition) is 7. The summed E-state index contributed by atoms with van der Waals surface area (Å²) < 4.78 is 18.0.